The Morgan fingerprint density at radius 3 is 2.32 bits per heavy atom. The molecule has 148 valence electrons. The van der Waals surface area contributed by atoms with E-state index in [0.29, 0.717) is 0 Å². The summed E-state index contributed by atoms with van der Waals surface area (Å²) in [6, 6.07) is 11.5. The molecule has 0 aliphatic heterocycles. The van der Waals surface area contributed by atoms with E-state index >= 15 is 0 Å². The first-order valence-electron chi connectivity index (χ1n) is 8.92. The molecule has 2 atom stereocenters. The Morgan fingerprint density at radius 2 is 1.71 bits per heavy atom. The quantitative estimate of drug-likeness (QED) is 0.640. The van der Waals surface area contributed by atoms with Crippen molar-refractivity contribution in [2.75, 3.05) is 0 Å². The van der Waals surface area contributed by atoms with Crippen molar-refractivity contribution < 1.29 is 18.8 Å². The van der Waals surface area contributed by atoms with Crippen molar-refractivity contribution in [3.63, 3.8) is 0 Å². The van der Waals surface area contributed by atoms with Crippen LogP contribution in [-0.4, -0.2) is 29.8 Å². The number of carbonyl (C=O) groups is 3. The predicted molar refractivity (Wildman–Crippen MR) is 104 cm³/mol. The van der Waals surface area contributed by atoms with E-state index in [1.165, 1.54) is 25.1 Å². The first-order chi connectivity index (χ1) is 13.3. The maximum Gasteiger partial charge on any atom is 0.243 e. The predicted octanol–water partition coefficient (Wildman–Crippen LogP) is 1.39. The van der Waals surface area contributed by atoms with Crippen molar-refractivity contribution in [2.45, 2.75) is 38.8 Å². The second kappa shape index (κ2) is 9.64. The van der Waals surface area contributed by atoms with Gasteiger partial charge in [0.25, 0.3) is 0 Å². The van der Waals surface area contributed by atoms with Gasteiger partial charge in [0.2, 0.25) is 17.7 Å². The number of nitrogens with two attached hydrogens (primary N) is 1. The van der Waals surface area contributed by atoms with Crippen LogP contribution in [0.1, 0.15) is 23.6 Å². The fourth-order valence-electron chi connectivity index (χ4n) is 2.91. The number of primary amides is 1. The molecule has 3 amide bonds. The maximum absolute atomic E-state index is 13.9. The zero-order chi connectivity index (χ0) is 20.7. The number of halogens is 1. The molecule has 0 saturated heterocycles. The number of hydrogen-bond acceptors (Lipinski definition) is 3. The fraction of sp³-hybridized carbons (Fsp3) is 0.286. The SMILES string of the molecule is CC(=O)N[C@@H](Cc1ccccc1F)C(=O)N[C@@H](Cc1cccc(C)c1)C(N)=O. The third-order valence-electron chi connectivity index (χ3n) is 4.26. The highest BCUT2D eigenvalue weighted by Crippen LogP contribution is 2.11. The molecule has 4 N–H and O–H groups in total. The monoisotopic (exact) mass is 385 g/mol. The lowest BCUT2D eigenvalue weighted by molar-refractivity contribution is -0.130. The summed E-state index contributed by atoms with van der Waals surface area (Å²) in [6.45, 7) is 3.18. The molecule has 2 aromatic rings. The molecule has 2 aromatic carbocycles. The standard InChI is InChI=1S/C21H24FN3O3/c1-13-6-5-7-15(10-13)11-18(20(23)27)25-21(28)19(24-14(2)26)12-16-8-3-4-9-17(16)22/h3-10,18-19H,11-12H2,1-2H3,(H2,23,27)(H,24,26)(H,25,28)/t18-,19-/m0/s1. The van der Waals surface area contributed by atoms with Crippen LogP contribution < -0.4 is 16.4 Å². The van der Waals surface area contributed by atoms with Gasteiger partial charge in [0.1, 0.15) is 17.9 Å². The van der Waals surface area contributed by atoms with Crippen LogP contribution in [0.5, 0.6) is 0 Å². The Labute approximate surface area is 163 Å². The van der Waals surface area contributed by atoms with E-state index in [2.05, 4.69) is 10.6 Å². The topological polar surface area (TPSA) is 101 Å². The van der Waals surface area contributed by atoms with Gasteiger partial charge in [0, 0.05) is 19.8 Å². The van der Waals surface area contributed by atoms with Crippen molar-refractivity contribution in [3.8, 4) is 0 Å². The summed E-state index contributed by atoms with van der Waals surface area (Å²) in [5.41, 5.74) is 7.59. The maximum atomic E-state index is 13.9. The van der Waals surface area contributed by atoms with Crippen molar-refractivity contribution in [1.29, 1.82) is 0 Å². The minimum atomic E-state index is -1.03. The highest BCUT2D eigenvalue weighted by Gasteiger charge is 2.26. The number of amides is 3. The minimum Gasteiger partial charge on any atom is -0.368 e. The molecule has 0 bridgehead atoms. The third-order valence-corrected chi connectivity index (χ3v) is 4.26. The molecular formula is C21H24FN3O3. The van der Waals surface area contributed by atoms with Gasteiger partial charge in [0.15, 0.2) is 0 Å². The van der Waals surface area contributed by atoms with Gasteiger partial charge in [-0.05, 0) is 24.1 Å². The highest BCUT2D eigenvalue weighted by molar-refractivity contribution is 5.91. The molecule has 0 aromatic heterocycles. The first kappa shape index (κ1) is 21.1. The zero-order valence-corrected chi connectivity index (χ0v) is 15.9. The van der Waals surface area contributed by atoms with Crippen LogP contribution in [0.2, 0.25) is 0 Å². The summed E-state index contributed by atoms with van der Waals surface area (Å²) in [7, 11) is 0. The minimum absolute atomic E-state index is 0.0476. The lowest BCUT2D eigenvalue weighted by Crippen LogP contribution is -2.54. The summed E-state index contributed by atoms with van der Waals surface area (Å²) in [5, 5.41) is 5.08. The fourth-order valence-corrected chi connectivity index (χ4v) is 2.91. The Balaban J connectivity index is 2.15. The molecule has 2 rings (SSSR count). The van der Waals surface area contributed by atoms with Crippen LogP contribution in [-0.2, 0) is 27.2 Å². The van der Waals surface area contributed by atoms with Gasteiger partial charge in [-0.15, -0.1) is 0 Å². The number of aryl methyl sites for hydroxylation is 1. The molecule has 0 radical (unpaired) electrons. The smallest absolute Gasteiger partial charge is 0.243 e. The van der Waals surface area contributed by atoms with E-state index in [4.69, 9.17) is 5.73 Å². The molecule has 0 unspecified atom stereocenters. The van der Waals surface area contributed by atoms with Crippen molar-refractivity contribution >= 4 is 17.7 Å². The largest absolute Gasteiger partial charge is 0.368 e. The molecule has 0 spiro atoms. The van der Waals surface area contributed by atoms with Gasteiger partial charge in [-0.2, -0.15) is 0 Å². The van der Waals surface area contributed by atoms with Crippen molar-refractivity contribution in [2.24, 2.45) is 5.73 Å². The number of carbonyl (C=O) groups excluding carboxylic acids is 3. The Bertz CT molecular complexity index is 869. The van der Waals surface area contributed by atoms with E-state index in [9.17, 15) is 18.8 Å². The second-order valence-electron chi connectivity index (χ2n) is 6.71. The Hall–Kier alpha value is -3.22. The first-order valence-corrected chi connectivity index (χ1v) is 8.92. The lowest BCUT2D eigenvalue weighted by Gasteiger charge is -2.22. The second-order valence-corrected chi connectivity index (χ2v) is 6.71. The molecule has 0 saturated carbocycles. The molecule has 6 nitrogen and oxygen atoms in total. The van der Waals surface area contributed by atoms with Gasteiger partial charge in [-0.25, -0.2) is 4.39 Å². The Kier molecular flexibility index (Phi) is 7.26. The van der Waals surface area contributed by atoms with E-state index < -0.39 is 35.6 Å². The van der Waals surface area contributed by atoms with Crippen molar-refractivity contribution in [1.82, 2.24) is 10.6 Å². The average molecular weight is 385 g/mol. The summed E-state index contributed by atoms with van der Waals surface area (Å²) in [4.78, 5) is 36.1. The summed E-state index contributed by atoms with van der Waals surface area (Å²) in [5.74, 6) is -2.21. The van der Waals surface area contributed by atoms with E-state index in [1.54, 1.807) is 6.07 Å². The van der Waals surface area contributed by atoms with E-state index in [-0.39, 0.29) is 18.4 Å². The van der Waals surface area contributed by atoms with E-state index in [1.807, 2.05) is 31.2 Å². The number of nitrogens with one attached hydrogen (secondary N) is 2. The molecule has 0 fully saturated rings. The third kappa shape index (κ3) is 6.19. The molecule has 7 heteroatoms. The van der Waals surface area contributed by atoms with E-state index in [0.717, 1.165) is 11.1 Å². The summed E-state index contributed by atoms with van der Waals surface area (Å²) in [6.07, 6.45) is 0.170. The molecule has 0 aliphatic rings. The molecule has 0 aliphatic carbocycles. The normalized spacial score (nSPS) is 12.7. The zero-order valence-electron chi connectivity index (χ0n) is 15.9. The van der Waals surface area contributed by atoms with Gasteiger partial charge in [-0.3, -0.25) is 14.4 Å². The summed E-state index contributed by atoms with van der Waals surface area (Å²) >= 11 is 0. The molecule has 28 heavy (non-hydrogen) atoms. The summed E-state index contributed by atoms with van der Waals surface area (Å²) < 4.78 is 13.9. The van der Waals surface area contributed by atoms with Crippen LogP contribution in [0.15, 0.2) is 48.5 Å². The average Bonchev–Trinajstić information content (AvgIpc) is 2.62. The number of rotatable bonds is 8. The number of hydrogen-bond donors (Lipinski definition) is 3. The Morgan fingerprint density at radius 1 is 1.00 bits per heavy atom. The van der Waals surface area contributed by atoms with Crippen LogP contribution in [0, 0.1) is 12.7 Å². The van der Waals surface area contributed by atoms with Crippen molar-refractivity contribution in [3.05, 3.63) is 71.0 Å². The van der Waals surface area contributed by atoms with Gasteiger partial charge in [-0.1, -0.05) is 48.0 Å². The molecule has 0 heterocycles. The van der Waals surface area contributed by atoms with Crippen LogP contribution in [0.25, 0.3) is 0 Å². The lowest BCUT2D eigenvalue weighted by atomic mass is 10.0. The van der Waals surface area contributed by atoms with Crippen LogP contribution in [0.3, 0.4) is 0 Å². The van der Waals surface area contributed by atoms with Gasteiger partial charge >= 0.3 is 0 Å². The van der Waals surface area contributed by atoms with Gasteiger partial charge < -0.3 is 16.4 Å². The molecular weight excluding hydrogens is 361 g/mol. The van der Waals surface area contributed by atoms with Crippen LogP contribution >= 0.6 is 0 Å². The van der Waals surface area contributed by atoms with Crippen LogP contribution in [0.4, 0.5) is 4.39 Å². The highest BCUT2D eigenvalue weighted by atomic mass is 19.1. The number of benzene rings is 2. The van der Waals surface area contributed by atoms with Gasteiger partial charge in [0.05, 0.1) is 0 Å².